The van der Waals surface area contributed by atoms with Crippen molar-refractivity contribution >= 4 is 5.91 Å². The Bertz CT molecular complexity index is 702. The van der Waals surface area contributed by atoms with Crippen molar-refractivity contribution in [1.29, 1.82) is 0 Å². The Hall–Kier alpha value is -2.23. The van der Waals surface area contributed by atoms with Crippen LogP contribution in [0.5, 0.6) is 5.75 Å². The van der Waals surface area contributed by atoms with Gasteiger partial charge in [0.25, 0.3) is 5.91 Å². The molecule has 0 N–H and O–H groups in total. The van der Waals surface area contributed by atoms with Gasteiger partial charge in [-0.25, -0.2) is 0 Å². The molecule has 1 saturated heterocycles. The molecular weight excluding hydrogens is 314 g/mol. The summed E-state index contributed by atoms with van der Waals surface area (Å²) in [6, 6.07) is 11.7. The maximum absolute atomic E-state index is 12.5. The molecule has 1 aliphatic rings. The van der Waals surface area contributed by atoms with E-state index in [4.69, 9.17) is 9.15 Å². The summed E-state index contributed by atoms with van der Waals surface area (Å²) in [6.07, 6.45) is 2.26. The van der Waals surface area contributed by atoms with Crippen molar-refractivity contribution in [1.82, 2.24) is 4.90 Å². The van der Waals surface area contributed by atoms with Crippen LogP contribution in [-0.4, -0.2) is 23.9 Å². The summed E-state index contributed by atoms with van der Waals surface area (Å²) >= 11 is 0. The Balaban J connectivity index is 1.57. The van der Waals surface area contributed by atoms with Gasteiger partial charge in [0, 0.05) is 13.1 Å². The number of benzene rings is 1. The first kappa shape index (κ1) is 17.6. The van der Waals surface area contributed by atoms with Crippen molar-refractivity contribution in [3.05, 3.63) is 53.5 Å². The van der Waals surface area contributed by atoms with Gasteiger partial charge in [-0.2, -0.15) is 0 Å². The number of carbonyl (C=O) groups excluding carboxylic acids is 1. The molecule has 1 aromatic heterocycles. The average molecular weight is 341 g/mol. The maximum Gasteiger partial charge on any atom is 0.289 e. The highest BCUT2D eigenvalue weighted by atomic mass is 16.5. The van der Waals surface area contributed by atoms with Crippen LogP contribution in [0.4, 0.5) is 0 Å². The van der Waals surface area contributed by atoms with Crippen LogP contribution in [0.15, 0.2) is 40.8 Å². The minimum atomic E-state index is -0.0147. The molecular formula is C21H27NO3. The van der Waals surface area contributed by atoms with E-state index in [1.54, 1.807) is 6.07 Å². The van der Waals surface area contributed by atoms with Gasteiger partial charge in [-0.05, 0) is 54.5 Å². The van der Waals surface area contributed by atoms with Crippen LogP contribution < -0.4 is 4.74 Å². The Kier molecular flexibility index (Phi) is 5.47. The highest BCUT2D eigenvalue weighted by molar-refractivity contribution is 5.91. The zero-order valence-electron chi connectivity index (χ0n) is 15.3. The number of nitrogens with zero attached hydrogens (tertiary/aromatic N) is 1. The van der Waals surface area contributed by atoms with E-state index in [-0.39, 0.29) is 5.91 Å². The van der Waals surface area contributed by atoms with Crippen molar-refractivity contribution in [2.24, 2.45) is 5.92 Å². The van der Waals surface area contributed by atoms with E-state index in [2.05, 4.69) is 32.9 Å². The van der Waals surface area contributed by atoms with Crippen LogP contribution in [0.3, 0.4) is 0 Å². The quantitative estimate of drug-likeness (QED) is 0.780. The zero-order chi connectivity index (χ0) is 17.8. The minimum Gasteiger partial charge on any atom is -0.486 e. The normalized spacial score (nSPS) is 17.8. The molecule has 0 spiro atoms. The fourth-order valence-corrected chi connectivity index (χ4v) is 3.20. The van der Waals surface area contributed by atoms with Crippen LogP contribution in [0.1, 0.15) is 61.4 Å². The summed E-state index contributed by atoms with van der Waals surface area (Å²) in [5, 5.41) is 0. The summed E-state index contributed by atoms with van der Waals surface area (Å²) < 4.78 is 11.5. The number of rotatable bonds is 5. The van der Waals surface area contributed by atoms with Gasteiger partial charge in [0.15, 0.2) is 5.76 Å². The number of amides is 1. The molecule has 2 heterocycles. The molecule has 0 saturated carbocycles. The topological polar surface area (TPSA) is 42.7 Å². The first-order chi connectivity index (χ1) is 12.0. The Labute approximate surface area is 149 Å². The molecule has 0 bridgehead atoms. The standard InChI is InChI=1S/C21H27NO3/c1-15(2)17-6-8-18(9-7-17)24-14-19-10-11-20(25-19)21(23)22-12-4-5-16(3)13-22/h6-11,15-16H,4-5,12-14H2,1-3H3/t16-/m0/s1. The molecule has 4 nitrogen and oxygen atoms in total. The van der Waals surface area contributed by atoms with E-state index in [9.17, 15) is 4.79 Å². The SMILES string of the molecule is CC(C)c1ccc(OCc2ccc(C(=O)N3CCC[C@H](C)C3)o2)cc1. The van der Waals surface area contributed by atoms with Gasteiger partial charge in [0.2, 0.25) is 0 Å². The van der Waals surface area contributed by atoms with Crippen molar-refractivity contribution in [2.75, 3.05) is 13.1 Å². The van der Waals surface area contributed by atoms with E-state index in [1.165, 1.54) is 12.0 Å². The lowest BCUT2D eigenvalue weighted by Crippen LogP contribution is -2.38. The van der Waals surface area contributed by atoms with E-state index < -0.39 is 0 Å². The van der Waals surface area contributed by atoms with E-state index in [1.807, 2.05) is 23.1 Å². The Morgan fingerprint density at radius 3 is 2.68 bits per heavy atom. The Morgan fingerprint density at radius 2 is 2.00 bits per heavy atom. The molecule has 1 amide bonds. The maximum atomic E-state index is 12.5. The van der Waals surface area contributed by atoms with Crippen LogP contribution in [0, 0.1) is 5.92 Å². The predicted octanol–water partition coefficient (Wildman–Crippen LogP) is 4.85. The average Bonchev–Trinajstić information content (AvgIpc) is 3.08. The lowest BCUT2D eigenvalue weighted by atomic mass is 10.0. The highest BCUT2D eigenvalue weighted by Crippen LogP contribution is 2.21. The number of carbonyl (C=O) groups is 1. The number of ether oxygens (including phenoxy) is 1. The van der Waals surface area contributed by atoms with Crippen molar-refractivity contribution in [2.45, 2.75) is 46.1 Å². The van der Waals surface area contributed by atoms with Crippen LogP contribution >= 0.6 is 0 Å². The van der Waals surface area contributed by atoms with Crippen LogP contribution in [0.25, 0.3) is 0 Å². The molecule has 1 fully saturated rings. The summed E-state index contributed by atoms with van der Waals surface area (Å²) in [5.74, 6) is 2.93. The molecule has 4 heteroatoms. The summed E-state index contributed by atoms with van der Waals surface area (Å²) in [5.41, 5.74) is 1.29. The van der Waals surface area contributed by atoms with Gasteiger partial charge in [0.1, 0.15) is 18.1 Å². The fourth-order valence-electron chi connectivity index (χ4n) is 3.20. The minimum absolute atomic E-state index is 0.0147. The van der Waals surface area contributed by atoms with E-state index >= 15 is 0 Å². The van der Waals surface area contributed by atoms with Gasteiger partial charge < -0.3 is 14.1 Å². The third kappa shape index (κ3) is 4.44. The van der Waals surface area contributed by atoms with Crippen molar-refractivity contribution in [3.8, 4) is 5.75 Å². The monoisotopic (exact) mass is 341 g/mol. The lowest BCUT2D eigenvalue weighted by molar-refractivity contribution is 0.0647. The fraction of sp³-hybridized carbons (Fsp3) is 0.476. The smallest absolute Gasteiger partial charge is 0.289 e. The second-order valence-electron chi connectivity index (χ2n) is 7.28. The lowest BCUT2D eigenvalue weighted by Gasteiger charge is -2.30. The second-order valence-corrected chi connectivity index (χ2v) is 7.28. The summed E-state index contributed by atoms with van der Waals surface area (Å²) in [7, 11) is 0. The molecule has 1 aliphatic heterocycles. The van der Waals surface area contributed by atoms with Gasteiger partial charge >= 0.3 is 0 Å². The van der Waals surface area contributed by atoms with Crippen molar-refractivity contribution in [3.63, 3.8) is 0 Å². The van der Waals surface area contributed by atoms with Crippen molar-refractivity contribution < 1.29 is 13.9 Å². The Morgan fingerprint density at radius 1 is 1.24 bits per heavy atom. The van der Waals surface area contributed by atoms with Crippen LogP contribution in [-0.2, 0) is 6.61 Å². The third-order valence-corrected chi connectivity index (χ3v) is 4.74. The molecule has 2 aromatic rings. The molecule has 1 aromatic carbocycles. The third-order valence-electron chi connectivity index (χ3n) is 4.74. The van der Waals surface area contributed by atoms with Gasteiger partial charge in [-0.15, -0.1) is 0 Å². The summed E-state index contributed by atoms with van der Waals surface area (Å²) in [6.45, 7) is 8.47. The molecule has 0 aliphatic carbocycles. The molecule has 0 unspecified atom stereocenters. The number of furan rings is 1. The first-order valence-electron chi connectivity index (χ1n) is 9.13. The number of hydrogen-bond donors (Lipinski definition) is 0. The van der Waals surface area contributed by atoms with Gasteiger partial charge in [-0.1, -0.05) is 32.9 Å². The molecule has 3 rings (SSSR count). The van der Waals surface area contributed by atoms with Gasteiger partial charge in [-0.3, -0.25) is 4.79 Å². The number of piperidine rings is 1. The molecule has 1 atom stereocenters. The largest absolute Gasteiger partial charge is 0.486 e. The molecule has 134 valence electrons. The summed E-state index contributed by atoms with van der Waals surface area (Å²) in [4.78, 5) is 14.4. The predicted molar refractivity (Wildman–Crippen MR) is 97.9 cm³/mol. The van der Waals surface area contributed by atoms with E-state index in [0.29, 0.717) is 30.0 Å². The first-order valence-corrected chi connectivity index (χ1v) is 9.13. The zero-order valence-corrected chi connectivity index (χ0v) is 15.3. The molecule has 25 heavy (non-hydrogen) atoms. The number of hydrogen-bond acceptors (Lipinski definition) is 3. The van der Waals surface area contributed by atoms with Crippen LogP contribution in [0.2, 0.25) is 0 Å². The highest BCUT2D eigenvalue weighted by Gasteiger charge is 2.24. The van der Waals surface area contributed by atoms with E-state index in [0.717, 1.165) is 25.3 Å². The number of likely N-dealkylation sites (tertiary alicyclic amines) is 1. The molecule has 0 radical (unpaired) electrons. The van der Waals surface area contributed by atoms with Gasteiger partial charge in [0.05, 0.1) is 0 Å². The second kappa shape index (κ2) is 7.77.